The lowest BCUT2D eigenvalue weighted by Gasteiger charge is -2.29. The topological polar surface area (TPSA) is 79.6 Å². The van der Waals surface area contributed by atoms with Gasteiger partial charge in [0.1, 0.15) is 5.76 Å². The van der Waals surface area contributed by atoms with E-state index in [0.29, 0.717) is 18.7 Å². The number of sulfone groups is 1. The summed E-state index contributed by atoms with van der Waals surface area (Å²) < 4.78 is 29.6. The summed E-state index contributed by atoms with van der Waals surface area (Å²) in [5, 5.41) is 2.81. The van der Waals surface area contributed by atoms with Crippen molar-refractivity contribution in [2.24, 2.45) is 0 Å². The molecule has 1 unspecified atom stereocenters. The zero-order chi connectivity index (χ0) is 17.0. The fourth-order valence-electron chi connectivity index (χ4n) is 2.90. The summed E-state index contributed by atoms with van der Waals surface area (Å²) in [5.41, 5.74) is 0.830. The van der Waals surface area contributed by atoms with Gasteiger partial charge in [0, 0.05) is 6.54 Å². The van der Waals surface area contributed by atoms with Crippen LogP contribution in [0.5, 0.6) is 0 Å². The molecule has 2 amide bonds. The average Bonchev–Trinajstić information content (AvgIpc) is 3.03. The molecule has 24 heavy (non-hydrogen) atoms. The molecule has 1 N–H and O–H groups in total. The number of carbonyl (C=O) groups is 1. The number of rotatable bonds is 3. The Labute approximate surface area is 141 Å². The minimum Gasteiger partial charge on any atom is -0.467 e. The number of hydrogen-bond donors (Lipinski definition) is 1. The molecule has 128 valence electrons. The van der Waals surface area contributed by atoms with Crippen LogP contribution in [0.3, 0.4) is 0 Å². The average molecular weight is 348 g/mol. The minimum absolute atomic E-state index is 0.0504. The van der Waals surface area contributed by atoms with Crippen LogP contribution in [-0.4, -0.2) is 37.4 Å². The van der Waals surface area contributed by atoms with Gasteiger partial charge >= 0.3 is 6.03 Å². The highest BCUT2D eigenvalue weighted by atomic mass is 32.2. The zero-order valence-corrected chi connectivity index (χ0v) is 14.0. The van der Waals surface area contributed by atoms with Crippen molar-refractivity contribution in [3.05, 3.63) is 60.1 Å². The Morgan fingerprint density at radius 3 is 2.71 bits per heavy atom. The maximum absolute atomic E-state index is 12.6. The van der Waals surface area contributed by atoms with Crippen LogP contribution in [0.4, 0.5) is 4.79 Å². The van der Waals surface area contributed by atoms with Crippen LogP contribution in [0.1, 0.15) is 23.8 Å². The normalized spacial score (nSPS) is 20.3. The van der Waals surface area contributed by atoms with Gasteiger partial charge in [-0.1, -0.05) is 30.3 Å². The number of nitrogens with zero attached hydrogens (tertiary/aromatic N) is 1. The van der Waals surface area contributed by atoms with E-state index < -0.39 is 15.9 Å². The minimum atomic E-state index is -3.18. The van der Waals surface area contributed by atoms with Crippen molar-refractivity contribution in [2.45, 2.75) is 19.0 Å². The number of urea groups is 1. The number of carbonyl (C=O) groups excluding carboxylic acids is 1. The Balaban J connectivity index is 1.80. The maximum Gasteiger partial charge on any atom is 0.318 e. The first kappa shape index (κ1) is 16.6. The van der Waals surface area contributed by atoms with Crippen molar-refractivity contribution in [3.8, 4) is 0 Å². The molecule has 0 bridgehead atoms. The molecule has 0 saturated carbocycles. The second kappa shape index (κ2) is 7.09. The predicted octanol–water partition coefficient (Wildman–Crippen LogP) is 2.35. The van der Waals surface area contributed by atoms with E-state index in [1.165, 1.54) is 0 Å². The van der Waals surface area contributed by atoms with Crippen molar-refractivity contribution < 1.29 is 17.6 Å². The molecule has 0 spiro atoms. The fourth-order valence-corrected chi connectivity index (χ4v) is 4.49. The number of nitrogens with one attached hydrogen (secondary N) is 1. The first-order valence-corrected chi connectivity index (χ1v) is 9.69. The summed E-state index contributed by atoms with van der Waals surface area (Å²) >= 11 is 0. The van der Waals surface area contributed by atoms with E-state index in [9.17, 15) is 13.2 Å². The molecule has 0 aliphatic carbocycles. The predicted molar refractivity (Wildman–Crippen MR) is 90.1 cm³/mol. The van der Waals surface area contributed by atoms with Gasteiger partial charge in [-0.3, -0.25) is 0 Å². The smallest absolute Gasteiger partial charge is 0.318 e. The summed E-state index contributed by atoms with van der Waals surface area (Å²) in [5.74, 6) is 0.714. The molecule has 6 nitrogen and oxygen atoms in total. The molecule has 0 radical (unpaired) electrons. The van der Waals surface area contributed by atoms with Gasteiger partial charge in [-0.25, -0.2) is 13.2 Å². The van der Waals surface area contributed by atoms with Gasteiger partial charge in [-0.2, -0.15) is 0 Å². The molecule has 1 saturated heterocycles. The van der Waals surface area contributed by atoms with Crippen molar-refractivity contribution in [1.29, 1.82) is 0 Å². The molecule has 2 heterocycles. The van der Waals surface area contributed by atoms with E-state index in [4.69, 9.17) is 4.42 Å². The highest BCUT2D eigenvalue weighted by molar-refractivity contribution is 7.91. The highest BCUT2D eigenvalue weighted by Crippen LogP contribution is 2.26. The second-order valence-corrected chi connectivity index (χ2v) is 8.05. The van der Waals surface area contributed by atoms with Crippen LogP contribution in [0, 0.1) is 0 Å². The molecule has 2 aromatic rings. The van der Waals surface area contributed by atoms with Crippen LogP contribution in [0.15, 0.2) is 53.1 Å². The van der Waals surface area contributed by atoms with Crippen molar-refractivity contribution in [3.63, 3.8) is 0 Å². The van der Waals surface area contributed by atoms with Crippen LogP contribution in [-0.2, 0) is 16.4 Å². The second-order valence-electron chi connectivity index (χ2n) is 5.83. The maximum atomic E-state index is 12.6. The van der Waals surface area contributed by atoms with Crippen LogP contribution < -0.4 is 5.32 Å². The molecule has 3 rings (SSSR count). The van der Waals surface area contributed by atoms with E-state index in [-0.39, 0.29) is 24.1 Å². The van der Waals surface area contributed by atoms with Crippen LogP contribution in [0.25, 0.3) is 0 Å². The fraction of sp³-hybridized carbons (Fsp3) is 0.353. The summed E-state index contributed by atoms with van der Waals surface area (Å²) in [4.78, 5) is 14.2. The molecule has 7 heteroatoms. The Morgan fingerprint density at radius 2 is 2.00 bits per heavy atom. The van der Waals surface area contributed by atoms with Gasteiger partial charge < -0.3 is 14.6 Å². The largest absolute Gasteiger partial charge is 0.467 e. The zero-order valence-electron chi connectivity index (χ0n) is 13.2. The first-order chi connectivity index (χ1) is 11.6. The van der Waals surface area contributed by atoms with Crippen LogP contribution >= 0.6 is 0 Å². The number of hydrogen-bond acceptors (Lipinski definition) is 4. The monoisotopic (exact) mass is 348 g/mol. The Bertz CT molecular complexity index is 772. The summed E-state index contributed by atoms with van der Waals surface area (Å²) in [6.45, 7) is 0.680. The van der Waals surface area contributed by atoms with Gasteiger partial charge in [0.05, 0.1) is 30.4 Å². The lowest BCUT2D eigenvalue weighted by Crippen LogP contribution is -2.43. The number of benzene rings is 1. The molecule has 1 aliphatic heterocycles. The summed E-state index contributed by atoms with van der Waals surface area (Å²) in [6, 6.07) is 12.1. The number of amides is 2. The molecule has 1 aromatic heterocycles. The van der Waals surface area contributed by atoms with E-state index >= 15 is 0 Å². The Morgan fingerprint density at radius 1 is 1.21 bits per heavy atom. The SMILES string of the molecule is O=C(NCc1ccco1)N1CCCS(=O)(=O)CC1c1ccccc1. The third-order valence-corrected chi connectivity index (χ3v) is 5.82. The van der Waals surface area contributed by atoms with Gasteiger partial charge in [0.2, 0.25) is 0 Å². The van der Waals surface area contributed by atoms with Gasteiger partial charge in [0.15, 0.2) is 9.84 Å². The molecule has 1 aromatic carbocycles. The van der Waals surface area contributed by atoms with E-state index in [0.717, 1.165) is 5.56 Å². The van der Waals surface area contributed by atoms with Crippen molar-refractivity contribution in [2.75, 3.05) is 18.1 Å². The summed E-state index contributed by atoms with van der Waals surface area (Å²) in [7, 11) is -3.18. The third kappa shape index (κ3) is 3.97. The van der Waals surface area contributed by atoms with Crippen molar-refractivity contribution >= 4 is 15.9 Å². The lowest BCUT2D eigenvalue weighted by molar-refractivity contribution is 0.180. The molecule has 1 fully saturated rings. The van der Waals surface area contributed by atoms with Gasteiger partial charge in [-0.05, 0) is 24.1 Å². The third-order valence-electron chi connectivity index (χ3n) is 4.08. The van der Waals surface area contributed by atoms with E-state index in [1.807, 2.05) is 30.3 Å². The number of furan rings is 1. The van der Waals surface area contributed by atoms with Crippen molar-refractivity contribution in [1.82, 2.24) is 10.2 Å². The quantitative estimate of drug-likeness (QED) is 0.923. The van der Waals surface area contributed by atoms with Crippen LogP contribution in [0.2, 0.25) is 0 Å². The first-order valence-electron chi connectivity index (χ1n) is 7.87. The summed E-state index contributed by atoms with van der Waals surface area (Å²) in [6.07, 6.45) is 1.99. The molecular weight excluding hydrogens is 328 g/mol. The Hall–Kier alpha value is -2.28. The molecular formula is C17H20N2O4S. The Kier molecular flexibility index (Phi) is 4.89. The highest BCUT2D eigenvalue weighted by Gasteiger charge is 2.32. The van der Waals surface area contributed by atoms with Gasteiger partial charge in [0.25, 0.3) is 0 Å². The molecule has 1 atom stereocenters. The van der Waals surface area contributed by atoms with Gasteiger partial charge in [-0.15, -0.1) is 0 Å². The molecule has 1 aliphatic rings. The lowest BCUT2D eigenvalue weighted by atomic mass is 10.1. The van der Waals surface area contributed by atoms with E-state index in [1.54, 1.807) is 23.3 Å². The van der Waals surface area contributed by atoms with E-state index in [2.05, 4.69) is 5.32 Å². The standard InChI is InChI=1S/C17H20N2O4S/c20-17(18-12-15-8-4-10-23-15)19-9-5-11-24(21,22)13-16(19)14-6-2-1-3-7-14/h1-4,6-8,10,16H,5,9,11-13H2,(H,18,20).